The fraction of sp³-hybridized carbons (Fsp3) is 0.434. The monoisotopic (exact) mass is 1540 g/mol. The number of esters is 4. The second kappa shape index (κ2) is 36.6. The van der Waals surface area contributed by atoms with E-state index < -0.39 is 186 Å². The van der Waals surface area contributed by atoms with Crippen molar-refractivity contribution >= 4 is 83.1 Å². The van der Waals surface area contributed by atoms with Gasteiger partial charge in [-0.05, 0) is 124 Å². The number of anilines is 1. The number of ether oxygens (including phenoxy) is 9. The number of rotatable bonds is 32. The summed E-state index contributed by atoms with van der Waals surface area (Å²) >= 11 is 0. The molecular formula is C83H94N6O23. The maximum atomic E-state index is 16.7. The standard InChI is InChI=1S/C83H94N6O23/c1-8-104-78(101)110-69(67(54-28-16-10-17-29-54)88-73(96)55-30-18-11-19-31-55)77(100)108-60-46-83(103)72(111-76(99)56-32-20-12-21-33-56)70-81(7,71(95)68(107-50(3)90)66(49(60)2)80(83,5)6)61(45-62-82(70,48-106-62)112-51(4)91)109-79(102)105-47-53-36-38-57(39-37-53)85-74(97)58(34-23-24-42-84)87-75(98)59(44-52-26-14-9-15-27-52)86-63(92)35-22-13-25-43-89-64(93)40-41-65(89)94/h9-12,14-21,26-33,36-41,58-62,67-70,72,103H,8,13,22-25,34-35,42-48,84H2,1-7H3,(H,85,97)(H,86,92)(H,87,98)(H,88,96)/t58-,59?,60?,61-,62?,67?,68+,69?,70?,72?,81+,82?,83+/m0/s1. The Morgan fingerprint density at radius 2 is 1.29 bits per heavy atom. The quantitative estimate of drug-likeness (QED) is 0.00779. The SMILES string of the molecule is CCOC(=O)OC(C(=O)OC1C[C@@]2(O)C(OC(=O)c3ccccc3)C3C4(OC(C)=O)COC4C[C@H](OC(=O)OCc4ccc(NC(=O)[C@H](CCCCN)NC(=O)C(Cc5ccccc5)NC(=O)CCCCCN5C(=O)C=CC5=O)cc4)[C@@]3(C)C(=O)[C@H](OC(C)=O)C(=C1C)C2(C)C)C(NC(=O)c1ccccc1)c1ccccc1. The minimum atomic E-state index is -2.66. The van der Waals surface area contributed by atoms with Crippen LogP contribution in [0.2, 0.25) is 0 Å². The molecule has 0 radical (unpaired) electrons. The topological polar surface area (TPSA) is 403 Å². The number of benzene rings is 5. The lowest BCUT2D eigenvalue weighted by molar-refractivity contribution is -0.346. The fourth-order valence-corrected chi connectivity index (χ4v) is 15.6. The first kappa shape index (κ1) is 83.1. The maximum absolute atomic E-state index is 16.7. The minimum Gasteiger partial charge on any atom is -0.455 e. The van der Waals surface area contributed by atoms with Crippen molar-refractivity contribution in [1.82, 2.24) is 20.9 Å². The van der Waals surface area contributed by atoms with Crippen molar-refractivity contribution < 1.29 is 110 Å². The maximum Gasteiger partial charge on any atom is 0.509 e. The number of amides is 6. The van der Waals surface area contributed by atoms with Crippen LogP contribution in [-0.4, -0.2) is 174 Å². The number of carbonyl (C=O) groups is 13. The van der Waals surface area contributed by atoms with Crippen LogP contribution in [0.15, 0.2) is 169 Å². The van der Waals surface area contributed by atoms with Crippen LogP contribution in [0.5, 0.6) is 0 Å². The normalized spacial score (nSPS) is 23.7. The number of hydrogen-bond acceptors (Lipinski definition) is 24. The molecule has 1 saturated heterocycles. The number of nitrogens with zero attached hydrogens (tertiary/aromatic N) is 1. The molecule has 5 aliphatic rings. The van der Waals surface area contributed by atoms with E-state index in [2.05, 4.69) is 21.3 Å². The number of Topliss-reactive ketones (excluding diaryl/α,β-unsaturated/α-hetero) is 1. The summed E-state index contributed by atoms with van der Waals surface area (Å²) in [7, 11) is 0. The van der Waals surface area contributed by atoms with Gasteiger partial charge in [0, 0.05) is 74.9 Å². The molecule has 29 nitrogen and oxygen atoms in total. The molecule has 2 bridgehead atoms. The lowest BCUT2D eigenvalue weighted by Crippen LogP contribution is -2.82. The highest BCUT2D eigenvalue weighted by Crippen LogP contribution is 2.65. The van der Waals surface area contributed by atoms with Crippen molar-refractivity contribution in [2.45, 2.75) is 185 Å². The van der Waals surface area contributed by atoms with Gasteiger partial charge in [0.25, 0.3) is 17.7 Å². The average molecular weight is 1540 g/mol. The summed E-state index contributed by atoms with van der Waals surface area (Å²) in [5.41, 5.74) is -1.54. The molecule has 6 amide bonds. The van der Waals surface area contributed by atoms with Crippen LogP contribution in [-0.2, 0) is 98.8 Å². The van der Waals surface area contributed by atoms with Crippen LogP contribution in [0.3, 0.4) is 0 Å². The number of aliphatic hydroxyl groups is 1. The van der Waals surface area contributed by atoms with E-state index in [9.17, 15) is 53.1 Å². The molecule has 13 atom stereocenters. The smallest absolute Gasteiger partial charge is 0.455 e. The summed E-state index contributed by atoms with van der Waals surface area (Å²) in [4.78, 5) is 184. The van der Waals surface area contributed by atoms with E-state index in [0.717, 1.165) is 24.3 Å². The van der Waals surface area contributed by atoms with Crippen molar-refractivity contribution in [1.29, 1.82) is 0 Å². The van der Waals surface area contributed by atoms with Crippen LogP contribution in [0, 0.1) is 16.7 Å². The zero-order chi connectivity index (χ0) is 80.7. The van der Waals surface area contributed by atoms with Crippen molar-refractivity contribution in [2.24, 2.45) is 22.5 Å². The summed E-state index contributed by atoms with van der Waals surface area (Å²) in [6.07, 6.45) is -9.74. The number of hydrogen-bond donors (Lipinski definition) is 6. The Morgan fingerprint density at radius 1 is 0.661 bits per heavy atom. The fourth-order valence-electron chi connectivity index (χ4n) is 15.6. The highest BCUT2D eigenvalue weighted by Gasteiger charge is 2.79. The van der Waals surface area contributed by atoms with Gasteiger partial charge in [0.1, 0.15) is 54.7 Å². The molecule has 5 aromatic rings. The highest BCUT2D eigenvalue weighted by atomic mass is 16.7. The lowest BCUT2D eigenvalue weighted by atomic mass is 9.44. The van der Waals surface area contributed by atoms with Gasteiger partial charge in [-0.3, -0.25) is 48.1 Å². The van der Waals surface area contributed by atoms with Gasteiger partial charge in [0.05, 0.1) is 30.1 Å². The first-order valence-corrected chi connectivity index (χ1v) is 37.3. The first-order valence-electron chi connectivity index (χ1n) is 37.3. The zero-order valence-corrected chi connectivity index (χ0v) is 63.3. The molecule has 2 heterocycles. The number of ketones is 1. The lowest BCUT2D eigenvalue weighted by Gasteiger charge is -2.67. The van der Waals surface area contributed by atoms with Crippen LogP contribution in [0.4, 0.5) is 15.3 Å². The molecule has 10 rings (SSSR count). The average Bonchev–Trinajstić information content (AvgIpc) is 0.734. The van der Waals surface area contributed by atoms with E-state index >= 15 is 14.4 Å². The van der Waals surface area contributed by atoms with Crippen molar-refractivity contribution in [3.8, 4) is 0 Å². The Kier molecular flexibility index (Phi) is 27.1. The van der Waals surface area contributed by atoms with Crippen molar-refractivity contribution in [3.63, 3.8) is 0 Å². The Balaban J connectivity index is 0.926. The molecule has 8 unspecified atom stereocenters. The van der Waals surface area contributed by atoms with E-state index in [1.54, 1.807) is 91.0 Å². The molecule has 594 valence electrons. The predicted molar refractivity (Wildman–Crippen MR) is 399 cm³/mol. The van der Waals surface area contributed by atoms with Gasteiger partial charge in [-0.15, -0.1) is 0 Å². The van der Waals surface area contributed by atoms with E-state index in [-0.39, 0.29) is 65.9 Å². The molecule has 29 heteroatoms. The minimum absolute atomic E-state index is 0.0173. The molecule has 3 fully saturated rings. The summed E-state index contributed by atoms with van der Waals surface area (Å²) in [6.45, 7) is 8.72. The van der Waals surface area contributed by atoms with Gasteiger partial charge in [-0.1, -0.05) is 129 Å². The highest BCUT2D eigenvalue weighted by molar-refractivity contribution is 6.13. The number of nitrogens with two attached hydrogens (primary N) is 1. The largest absolute Gasteiger partial charge is 0.509 e. The Labute approximate surface area is 647 Å². The van der Waals surface area contributed by atoms with Crippen molar-refractivity contribution in [3.05, 3.63) is 197 Å². The molecule has 2 saturated carbocycles. The molecule has 112 heavy (non-hydrogen) atoms. The second-order valence-corrected chi connectivity index (χ2v) is 29.1. The Morgan fingerprint density at radius 3 is 1.90 bits per heavy atom. The van der Waals surface area contributed by atoms with Crippen molar-refractivity contribution in [2.75, 3.05) is 31.6 Å². The number of carbonyl (C=O) groups excluding carboxylic acids is 13. The third-order valence-corrected chi connectivity index (χ3v) is 21.4. The molecular weight excluding hydrogens is 1450 g/mol. The van der Waals surface area contributed by atoms with Gasteiger partial charge in [0.15, 0.2) is 17.5 Å². The number of fused-ring (bicyclic) bond motifs is 5. The Bertz CT molecular complexity index is 4350. The molecule has 5 aromatic carbocycles. The third-order valence-electron chi connectivity index (χ3n) is 21.4. The van der Waals surface area contributed by atoms with Gasteiger partial charge in [0.2, 0.25) is 23.8 Å². The van der Waals surface area contributed by atoms with E-state index in [0.29, 0.717) is 44.2 Å². The molecule has 0 aromatic heterocycles. The molecule has 0 spiro atoms. The number of imide groups is 1. The van der Waals surface area contributed by atoms with Crippen LogP contribution >= 0.6 is 0 Å². The summed E-state index contributed by atoms with van der Waals surface area (Å²) in [5, 5.41) is 25.7. The second-order valence-electron chi connectivity index (χ2n) is 29.1. The summed E-state index contributed by atoms with van der Waals surface area (Å²) in [5.74, 6) is -10.3. The number of unbranched alkanes of at least 4 members (excludes halogenated alkanes) is 3. The van der Waals surface area contributed by atoms with Gasteiger partial charge in [-0.25, -0.2) is 19.2 Å². The van der Waals surface area contributed by atoms with Crippen LogP contribution < -0.4 is 27.0 Å². The van der Waals surface area contributed by atoms with Gasteiger partial charge < -0.3 is 74.7 Å². The van der Waals surface area contributed by atoms with E-state index in [4.69, 9.17) is 48.4 Å². The predicted octanol–water partition coefficient (Wildman–Crippen LogP) is 8.04. The molecule has 3 aliphatic carbocycles. The molecule has 7 N–H and O–H groups in total. The van der Waals surface area contributed by atoms with E-state index in [1.165, 1.54) is 95.3 Å². The summed E-state index contributed by atoms with van der Waals surface area (Å²) < 4.78 is 54.7. The Hall–Kier alpha value is -11.4. The van der Waals surface area contributed by atoms with Gasteiger partial charge >= 0.3 is 36.2 Å². The zero-order valence-electron chi connectivity index (χ0n) is 63.3. The van der Waals surface area contributed by atoms with E-state index in [1.807, 2.05) is 6.07 Å². The number of nitrogens with one attached hydrogen (secondary N) is 4. The van der Waals surface area contributed by atoms with Crippen LogP contribution in [0.25, 0.3) is 0 Å². The summed E-state index contributed by atoms with van der Waals surface area (Å²) in [6, 6.07) is 34.9. The van der Waals surface area contributed by atoms with Gasteiger partial charge in [-0.2, -0.15) is 0 Å². The third kappa shape index (κ3) is 18.8. The molecule has 2 aliphatic heterocycles. The first-order chi connectivity index (χ1) is 53.5. The van der Waals surface area contributed by atoms with Crippen LogP contribution in [0.1, 0.15) is 150 Å².